The predicted molar refractivity (Wildman–Crippen MR) is 63.1 cm³/mol. The maximum Gasteiger partial charge on any atom is 0.360 e. The van der Waals surface area contributed by atoms with Crippen LogP contribution in [0.15, 0.2) is 33.7 Å². The summed E-state index contributed by atoms with van der Waals surface area (Å²) in [4.78, 5) is 22.9. The quantitative estimate of drug-likeness (QED) is 0.763. The summed E-state index contributed by atoms with van der Waals surface area (Å²) in [5, 5.41) is 3.60. The van der Waals surface area contributed by atoms with E-state index < -0.39 is 5.97 Å². The van der Waals surface area contributed by atoms with Gasteiger partial charge in [-0.25, -0.2) is 4.79 Å². The molecule has 0 bridgehead atoms. The molecule has 6 heteroatoms. The second-order valence-electron chi connectivity index (χ2n) is 3.66. The number of nitrogens with zero attached hydrogens (tertiary/aromatic N) is 2. The van der Waals surface area contributed by atoms with Gasteiger partial charge in [0.05, 0.1) is 6.61 Å². The Bertz CT molecular complexity index is 627. The van der Waals surface area contributed by atoms with Crippen molar-refractivity contribution in [2.45, 2.75) is 6.92 Å². The zero-order valence-electron chi connectivity index (χ0n) is 10.0. The topological polar surface area (TPSA) is 74.3 Å². The number of aryl methyl sites for hydroxylation is 1. The van der Waals surface area contributed by atoms with Crippen molar-refractivity contribution in [1.82, 2.24) is 9.72 Å². The Morgan fingerprint density at radius 3 is 2.94 bits per heavy atom. The van der Waals surface area contributed by atoms with Crippen LogP contribution in [-0.4, -0.2) is 22.3 Å². The van der Waals surface area contributed by atoms with E-state index in [0.717, 1.165) is 0 Å². The van der Waals surface area contributed by atoms with Crippen LogP contribution in [0, 0.1) is 0 Å². The van der Waals surface area contributed by atoms with Gasteiger partial charge in [-0.1, -0.05) is 5.16 Å². The largest absolute Gasteiger partial charge is 0.461 e. The summed E-state index contributed by atoms with van der Waals surface area (Å²) in [6, 6.07) is 4.57. The van der Waals surface area contributed by atoms with Crippen LogP contribution in [0.2, 0.25) is 0 Å². The molecule has 0 radical (unpaired) electrons. The minimum atomic E-state index is -0.545. The van der Waals surface area contributed by atoms with Gasteiger partial charge in [0.1, 0.15) is 0 Å². The zero-order chi connectivity index (χ0) is 13.1. The Labute approximate surface area is 103 Å². The molecular weight excluding hydrogens is 236 g/mol. The van der Waals surface area contributed by atoms with Crippen molar-refractivity contribution >= 4 is 5.97 Å². The van der Waals surface area contributed by atoms with Crippen LogP contribution in [0.4, 0.5) is 0 Å². The molecule has 0 spiro atoms. The first-order chi connectivity index (χ1) is 8.61. The van der Waals surface area contributed by atoms with E-state index in [0.29, 0.717) is 11.3 Å². The van der Waals surface area contributed by atoms with Crippen molar-refractivity contribution in [2.24, 2.45) is 7.05 Å². The van der Waals surface area contributed by atoms with Gasteiger partial charge in [-0.15, -0.1) is 0 Å². The first-order valence-electron chi connectivity index (χ1n) is 5.42. The minimum absolute atomic E-state index is 0.0903. The SMILES string of the molecule is CCOC(=O)c1cc(-c2ccn(C)c(=O)c2)on1. The van der Waals surface area contributed by atoms with Gasteiger partial charge < -0.3 is 13.8 Å². The Hall–Kier alpha value is -2.37. The summed E-state index contributed by atoms with van der Waals surface area (Å²) in [6.45, 7) is 1.98. The standard InChI is InChI=1S/C12H12N2O4/c1-3-17-12(16)9-7-10(18-13-9)8-4-5-14(2)11(15)6-8/h4-7H,3H2,1-2H3. The van der Waals surface area contributed by atoms with Crippen molar-refractivity contribution < 1.29 is 14.1 Å². The van der Waals surface area contributed by atoms with E-state index in [1.54, 1.807) is 26.2 Å². The summed E-state index contributed by atoms with van der Waals surface area (Å²) >= 11 is 0. The molecule has 94 valence electrons. The van der Waals surface area contributed by atoms with Gasteiger partial charge in [-0.2, -0.15) is 0 Å². The van der Waals surface area contributed by atoms with Crippen LogP contribution in [0.25, 0.3) is 11.3 Å². The molecule has 2 rings (SSSR count). The summed E-state index contributed by atoms with van der Waals surface area (Å²) in [6.07, 6.45) is 1.62. The van der Waals surface area contributed by atoms with Gasteiger partial charge in [-0.3, -0.25) is 4.79 Å². The number of aromatic nitrogens is 2. The summed E-state index contributed by atoms with van der Waals surface area (Å²) in [7, 11) is 1.65. The molecule has 6 nitrogen and oxygen atoms in total. The van der Waals surface area contributed by atoms with E-state index in [9.17, 15) is 9.59 Å². The van der Waals surface area contributed by atoms with Crippen molar-refractivity contribution in [2.75, 3.05) is 6.61 Å². The fourth-order valence-corrected chi connectivity index (χ4v) is 1.41. The van der Waals surface area contributed by atoms with Crippen LogP contribution in [0.1, 0.15) is 17.4 Å². The average Bonchev–Trinajstić information content (AvgIpc) is 2.82. The Morgan fingerprint density at radius 2 is 2.28 bits per heavy atom. The van der Waals surface area contributed by atoms with Gasteiger partial charge in [0.25, 0.3) is 5.56 Å². The molecule has 0 unspecified atom stereocenters. The van der Waals surface area contributed by atoms with E-state index >= 15 is 0 Å². The van der Waals surface area contributed by atoms with E-state index in [1.165, 1.54) is 16.7 Å². The Morgan fingerprint density at radius 1 is 1.50 bits per heavy atom. The van der Waals surface area contributed by atoms with Crippen LogP contribution in [0.3, 0.4) is 0 Å². The smallest absolute Gasteiger partial charge is 0.360 e. The van der Waals surface area contributed by atoms with E-state index in [4.69, 9.17) is 9.26 Å². The first-order valence-corrected chi connectivity index (χ1v) is 5.42. The molecule has 0 N–H and O–H groups in total. The number of hydrogen-bond donors (Lipinski definition) is 0. The number of pyridine rings is 1. The minimum Gasteiger partial charge on any atom is -0.461 e. The normalized spacial score (nSPS) is 10.3. The fourth-order valence-electron chi connectivity index (χ4n) is 1.41. The molecule has 0 aliphatic heterocycles. The lowest BCUT2D eigenvalue weighted by Crippen LogP contribution is -2.13. The van der Waals surface area contributed by atoms with Gasteiger partial charge in [0.2, 0.25) is 0 Å². The maximum absolute atomic E-state index is 11.5. The molecule has 18 heavy (non-hydrogen) atoms. The molecule has 0 fully saturated rings. The molecule has 2 aromatic rings. The average molecular weight is 248 g/mol. The highest BCUT2D eigenvalue weighted by atomic mass is 16.5. The number of hydrogen-bond acceptors (Lipinski definition) is 5. The van der Waals surface area contributed by atoms with E-state index in [2.05, 4.69) is 5.16 Å². The Balaban J connectivity index is 2.32. The molecule has 0 aromatic carbocycles. The molecule has 0 saturated carbocycles. The van der Waals surface area contributed by atoms with Gasteiger partial charge >= 0.3 is 5.97 Å². The third kappa shape index (κ3) is 2.32. The number of carbonyl (C=O) groups is 1. The highest BCUT2D eigenvalue weighted by molar-refractivity contribution is 5.88. The molecule has 0 saturated heterocycles. The highest BCUT2D eigenvalue weighted by Gasteiger charge is 2.14. The Kier molecular flexibility index (Phi) is 3.27. The molecule has 2 aromatic heterocycles. The van der Waals surface area contributed by atoms with Gasteiger partial charge in [0, 0.05) is 30.9 Å². The van der Waals surface area contributed by atoms with Crippen LogP contribution in [-0.2, 0) is 11.8 Å². The lowest BCUT2D eigenvalue weighted by atomic mass is 10.2. The fraction of sp³-hybridized carbons (Fsp3) is 0.250. The number of carbonyl (C=O) groups excluding carboxylic acids is 1. The van der Waals surface area contributed by atoms with Crippen LogP contribution < -0.4 is 5.56 Å². The van der Waals surface area contributed by atoms with Crippen molar-refractivity contribution in [3.8, 4) is 11.3 Å². The molecule has 0 aliphatic rings. The first kappa shape index (κ1) is 12.1. The van der Waals surface area contributed by atoms with E-state index in [1.807, 2.05) is 0 Å². The molecule has 0 amide bonds. The lowest BCUT2D eigenvalue weighted by molar-refractivity contribution is 0.0514. The highest BCUT2D eigenvalue weighted by Crippen LogP contribution is 2.18. The zero-order valence-corrected chi connectivity index (χ0v) is 10.0. The summed E-state index contributed by atoms with van der Waals surface area (Å²) in [5.41, 5.74) is 0.496. The molecular formula is C12H12N2O4. The molecule has 2 heterocycles. The van der Waals surface area contributed by atoms with Crippen LogP contribution in [0.5, 0.6) is 0 Å². The third-order valence-electron chi connectivity index (χ3n) is 2.38. The second-order valence-corrected chi connectivity index (χ2v) is 3.66. The third-order valence-corrected chi connectivity index (χ3v) is 2.38. The second kappa shape index (κ2) is 4.87. The monoisotopic (exact) mass is 248 g/mol. The van der Waals surface area contributed by atoms with Crippen LogP contribution >= 0.6 is 0 Å². The van der Waals surface area contributed by atoms with Crippen molar-refractivity contribution in [1.29, 1.82) is 0 Å². The van der Waals surface area contributed by atoms with Gasteiger partial charge in [0.15, 0.2) is 11.5 Å². The summed E-state index contributed by atoms with van der Waals surface area (Å²) in [5.74, 6) is -0.188. The van der Waals surface area contributed by atoms with Gasteiger partial charge in [-0.05, 0) is 13.0 Å². The van der Waals surface area contributed by atoms with E-state index in [-0.39, 0.29) is 17.9 Å². The molecule has 0 aliphatic carbocycles. The summed E-state index contributed by atoms with van der Waals surface area (Å²) < 4.78 is 11.2. The lowest BCUT2D eigenvalue weighted by Gasteiger charge is -1.97. The number of esters is 1. The number of ether oxygens (including phenoxy) is 1. The van der Waals surface area contributed by atoms with Crippen molar-refractivity contribution in [3.05, 3.63) is 40.4 Å². The number of rotatable bonds is 3. The molecule has 0 atom stereocenters. The van der Waals surface area contributed by atoms with Crippen molar-refractivity contribution in [3.63, 3.8) is 0 Å². The maximum atomic E-state index is 11.5. The predicted octanol–water partition coefficient (Wildman–Crippen LogP) is 1.22.